The van der Waals surface area contributed by atoms with E-state index in [1.165, 1.54) is 16.7 Å². The van der Waals surface area contributed by atoms with E-state index in [0.717, 1.165) is 0 Å². The molecule has 0 unspecified atom stereocenters. The van der Waals surface area contributed by atoms with E-state index in [2.05, 4.69) is 32.0 Å². The van der Waals surface area contributed by atoms with Gasteiger partial charge in [0.25, 0.3) is 0 Å². The highest BCUT2D eigenvalue weighted by Crippen LogP contribution is 2.10. The molecule has 0 aliphatic heterocycles. The maximum Gasteiger partial charge on any atom is 0.0474 e. The molecule has 0 radical (unpaired) electrons. The Labute approximate surface area is 66.8 Å². The quantitative estimate of drug-likeness (QED) is 0.546. The Hall–Kier alpha value is -0.490. The minimum atomic E-state index is 0.612. The summed E-state index contributed by atoms with van der Waals surface area (Å²) in [6, 6.07) is 6.30. The van der Waals surface area contributed by atoms with Crippen molar-refractivity contribution in [2.24, 2.45) is 0 Å². The SMILES string of the molecule is Cc1ccc(CCl)cc1C. The summed E-state index contributed by atoms with van der Waals surface area (Å²) < 4.78 is 0. The van der Waals surface area contributed by atoms with E-state index in [0.29, 0.717) is 5.88 Å². The third-order valence-electron chi connectivity index (χ3n) is 1.73. The van der Waals surface area contributed by atoms with Gasteiger partial charge in [0.2, 0.25) is 0 Å². The Morgan fingerprint density at radius 3 is 2.40 bits per heavy atom. The molecule has 0 aliphatic carbocycles. The molecule has 0 saturated heterocycles. The van der Waals surface area contributed by atoms with E-state index in [4.69, 9.17) is 11.6 Å². The van der Waals surface area contributed by atoms with Crippen molar-refractivity contribution >= 4 is 11.6 Å². The fraction of sp³-hybridized carbons (Fsp3) is 0.333. The Balaban J connectivity index is 3.04. The van der Waals surface area contributed by atoms with E-state index in [1.807, 2.05) is 0 Å². The van der Waals surface area contributed by atoms with Crippen LogP contribution in [0.25, 0.3) is 0 Å². The van der Waals surface area contributed by atoms with Crippen molar-refractivity contribution in [3.8, 4) is 0 Å². The molecule has 0 N–H and O–H groups in total. The maximum atomic E-state index is 5.65. The molecule has 0 aromatic heterocycles. The minimum absolute atomic E-state index is 0.612. The third-order valence-corrected chi connectivity index (χ3v) is 2.03. The molecular formula is C9H11Cl. The van der Waals surface area contributed by atoms with Gasteiger partial charge in [-0.25, -0.2) is 0 Å². The van der Waals surface area contributed by atoms with Gasteiger partial charge in [-0.15, -0.1) is 11.6 Å². The third kappa shape index (κ3) is 1.51. The summed E-state index contributed by atoms with van der Waals surface area (Å²) in [5.41, 5.74) is 3.84. The van der Waals surface area contributed by atoms with Gasteiger partial charge in [0.05, 0.1) is 0 Å². The van der Waals surface area contributed by atoms with Crippen LogP contribution < -0.4 is 0 Å². The standard InChI is InChI=1S/C9H11Cl/c1-7-3-4-9(6-10)5-8(7)2/h3-5H,6H2,1-2H3. The molecule has 0 fully saturated rings. The van der Waals surface area contributed by atoms with Crippen LogP contribution in [0.1, 0.15) is 16.7 Å². The first kappa shape index (κ1) is 7.62. The minimum Gasteiger partial charge on any atom is -0.122 e. The first-order chi connectivity index (χ1) is 4.74. The van der Waals surface area contributed by atoms with E-state index < -0.39 is 0 Å². The van der Waals surface area contributed by atoms with Gasteiger partial charge < -0.3 is 0 Å². The zero-order chi connectivity index (χ0) is 7.56. The van der Waals surface area contributed by atoms with Gasteiger partial charge in [-0.3, -0.25) is 0 Å². The molecule has 1 aromatic rings. The second-order valence-corrected chi connectivity index (χ2v) is 2.82. The number of alkyl halides is 1. The lowest BCUT2D eigenvalue weighted by Gasteiger charge is -2.00. The zero-order valence-corrected chi connectivity index (χ0v) is 7.07. The first-order valence-electron chi connectivity index (χ1n) is 3.36. The van der Waals surface area contributed by atoms with Gasteiger partial charge in [-0.2, -0.15) is 0 Å². The zero-order valence-electron chi connectivity index (χ0n) is 6.32. The van der Waals surface area contributed by atoms with Gasteiger partial charge in [0, 0.05) is 5.88 Å². The molecule has 0 atom stereocenters. The van der Waals surface area contributed by atoms with Gasteiger partial charge >= 0.3 is 0 Å². The normalized spacial score (nSPS) is 9.90. The highest BCUT2D eigenvalue weighted by atomic mass is 35.5. The molecule has 0 nitrogen and oxygen atoms in total. The highest BCUT2D eigenvalue weighted by Gasteiger charge is 1.92. The van der Waals surface area contributed by atoms with Gasteiger partial charge in [-0.05, 0) is 30.5 Å². The number of hydrogen-bond acceptors (Lipinski definition) is 0. The van der Waals surface area contributed by atoms with Crippen molar-refractivity contribution in [1.82, 2.24) is 0 Å². The van der Waals surface area contributed by atoms with E-state index in [1.54, 1.807) is 0 Å². The second kappa shape index (κ2) is 3.07. The van der Waals surface area contributed by atoms with Crippen LogP contribution in [0.5, 0.6) is 0 Å². The topological polar surface area (TPSA) is 0 Å². The lowest BCUT2D eigenvalue weighted by molar-refractivity contribution is 1.28. The predicted octanol–water partition coefficient (Wildman–Crippen LogP) is 3.04. The van der Waals surface area contributed by atoms with Gasteiger partial charge in [-0.1, -0.05) is 18.2 Å². The smallest absolute Gasteiger partial charge is 0.0474 e. The lowest BCUT2D eigenvalue weighted by Crippen LogP contribution is -1.83. The average molecular weight is 155 g/mol. The van der Waals surface area contributed by atoms with Crippen LogP contribution in [0.2, 0.25) is 0 Å². The van der Waals surface area contributed by atoms with Crippen molar-refractivity contribution in [1.29, 1.82) is 0 Å². The Kier molecular flexibility index (Phi) is 2.34. The number of hydrogen-bond donors (Lipinski definition) is 0. The van der Waals surface area contributed by atoms with Gasteiger partial charge in [0.1, 0.15) is 0 Å². The Morgan fingerprint density at radius 2 is 1.90 bits per heavy atom. The second-order valence-electron chi connectivity index (χ2n) is 2.55. The molecule has 10 heavy (non-hydrogen) atoms. The predicted molar refractivity (Wildman–Crippen MR) is 45.5 cm³/mol. The summed E-state index contributed by atoms with van der Waals surface area (Å²) in [7, 11) is 0. The molecule has 1 rings (SSSR count). The molecule has 0 aliphatic rings. The molecule has 1 aromatic carbocycles. The summed E-state index contributed by atoms with van der Waals surface area (Å²) in [4.78, 5) is 0. The first-order valence-corrected chi connectivity index (χ1v) is 3.89. The maximum absolute atomic E-state index is 5.65. The Bertz CT molecular complexity index is 228. The van der Waals surface area contributed by atoms with Crippen LogP contribution in [-0.2, 0) is 5.88 Å². The number of halogens is 1. The van der Waals surface area contributed by atoms with Crippen molar-refractivity contribution in [3.05, 3.63) is 34.9 Å². The molecule has 0 saturated carbocycles. The van der Waals surface area contributed by atoms with Crippen LogP contribution in [0, 0.1) is 13.8 Å². The van der Waals surface area contributed by atoms with Crippen LogP contribution in [0.15, 0.2) is 18.2 Å². The van der Waals surface area contributed by atoms with Crippen molar-refractivity contribution in [2.45, 2.75) is 19.7 Å². The fourth-order valence-corrected chi connectivity index (χ4v) is 1.05. The average Bonchev–Trinajstić information content (AvgIpc) is 1.95. The van der Waals surface area contributed by atoms with Crippen LogP contribution in [0.3, 0.4) is 0 Å². The summed E-state index contributed by atoms with van der Waals surface area (Å²) >= 11 is 5.65. The van der Waals surface area contributed by atoms with Crippen LogP contribution in [0.4, 0.5) is 0 Å². The van der Waals surface area contributed by atoms with Crippen molar-refractivity contribution in [2.75, 3.05) is 0 Å². The summed E-state index contributed by atoms with van der Waals surface area (Å²) in [6.07, 6.45) is 0. The molecule has 0 bridgehead atoms. The fourth-order valence-electron chi connectivity index (χ4n) is 0.887. The molecule has 0 amide bonds. The van der Waals surface area contributed by atoms with Crippen LogP contribution >= 0.6 is 11.6 Å². The lowest BCUT2D eigenvalue weighted by atomic mass is 10.1. The van der Waals surface area contributed by atoms with Crippen molar-refractivity contribution in [3.63, 3.8) is 0 Å². The number of rotatable bonds is 1. The number of aryl methyl sites for hydroxylation is 2. The molecular weight excluding hydrogens is 144 g/mol. The largest absolute Gasteiger partial charge is 0.122 e. The van der Waals surface area contributed by atoms with Crippen LogP contribution in [-0.4, -0.2) is 0 Å². The molecule has 0 heterocycles. The molecule has 54 valence electrons. The van der Waals surface area contributed by atoms with Gasteiger partial charge in [0.15, 0.2) is 0 Å². The van der Waals surface area contributed by atoms with E-state index in [9.17, 15) is 0 Å². The summed E-state index contributed by atoms with van der Waals surface area (Å²) in [6.45, 7) is 4.21. The van der Waals surface area contributed by atoms with E-state index >= 15 is 0 Å². The highest BCUT2D eigenvalue weighted by molar-refractivity contribution is 6.17. The number of benzene rings is 1. The monoisotopic (exact) mass is 154 g/mol. The van der Waals surface area contributed by atoms with E-state index in [-0.39, 0.29) is 0 Å². The summed E-state index contributed by atoms with van der Waals surface area (Å²) in [5.74, 6) is 0.612. The molecule has 0 spiro atoms. The molecule has 1 heteroatoms. The van der Waals surface area contributed by atoms with Crippen molar-refractivity contribution < 1.29 is 0 Å². The Morgan fingerprint density at radius 1 is 1.20 bits per heavy atom. The summed E-state index contributed by atoms with van der Waals surface area (Å²) in [5, 5.41) is 0.